The predicted molar refractivity (Wildman–Crippen MR) is 82.9 cm³/mol. The third kappa shape index (κ3) is 3.72. The van der Waals surface area contributed by atoms with Crippen LogP contribution in [0.15, 0.2) is 16.6 Å². The summed E-state index contributed by atoms with van der Waals surface area (Å²) in [5.41, 5.74) is 0.720. The largest absolute Gasteiger partial charge is 0.379 e. The van der Waals surface area contributed by atoms with Crippen molar-refractivity contribution in [3.63, 3.8) is 0 Å². The highest BCUT2D eigenvalue weighted by Gasteiger charge is 2.30. The summed E-state index contributed by atoms with van der Waals surface area (Å²) in [7, 11) is 0. The highest BCUT2D eigenvalue weighted by molar-refractivity contribution is 9.10. The van der Waals surface area contributed by atoms with E-state index in [4.69, 9.17) is 0 Å². The fourth-order valence-electron chi connectivity index (χ4n) is 2.99. The fourth-order valence-corrected chi connectivity index (χ4v) is 3.51. The number of hydrogen-bond donors (Lipinski definition) is 1. The number of anilines is 1. The second kappa shape index (κ2) is 6.00. The monoisotopic (exact) mass is 345 g/mol. The van der Waals surface area contributed by atoms with Gasteiger partial charge in [-0.2, -0.15) is 0 Å². The molecule has 2 rings (SSSR count). The normalized spacial score (nSPS) is 23.7. The Bertz CT molecular complexity index is 451. The maximum Gasteiger partial charge on any atom is 0.150 e. The first-order valence-electron chi connectivity index (χ1n) is 7.18. The van der Waals surface area contributed by atoms with E-state index in [9.17, 15) is 8.78 Å². The smallest absolute Gasteiger partial charge is 0.150 e. The van der Waals surface area contributed by atoms with Crippen LogP contribution in [0.5, 0.6) is 0 Å². The molecule has 0 bridgehead atoms. The van der Waals surface area contributed by atoms with Gasteiger partial charge in [-0.15, -0.1) is 0 Å². The predicted octanol–water partition coefficient (Wildman–Crippen LogP) is 5.74. The topological polar surface area (TPSA) is 12.0 Å². The van der Waals surface area contributed by atoms with Crippen molar-refractivity contribution in [3.05, 3.63) is 28.2 Å². The lowest BCUT2D eigenvalue weighted by molar-refractivity contribution is 0.173. The van der Waals surface area contributed by atoms with Crippen LogP contribution in [0.2, 0.25) is 0 Å². The minimum atomic E-state index is -0.559. The first kappa shape index (κ1) is 15.7. The molecule has 1 aromatic rings. The van der Waals surface area contributed by atoms with Gasteiger partial charge < -0.3 is 5.32 Å². The Morgan fingerprint density at radius 2 is 1.70 bits per heavy atom. The molecule has 0 atom stereocenters. The Morgan fingerprint density at radius 1 is 1.10 bits per heavy atom. The van der Waals surface area contributed by atoms with E-state index in [1.54, 1.807) is 0 Å². The molecular formula is C16H22BrF2N. The minimum Gasteiger partial charge on any atom is -0.379 e. The van der Waals surface area contributed by atoms with Gasteiger partial charge in [0.2, 0.25) is 0 Å². The van der Waals surface area contributed by atoms with Crippen LogP contribution in [0, 0.1) is 23.0 Å². The van der Waals surface area contributed by atoms with Gasteiger partial charge in [-0.3, -0.25) is 0 Å². The molecule has 0 amide bonds. The molecule has 20 heavy (non-hydrogen) atoms. The maximum absolute atomic E-state index is 13.8. The Morgan fingerprint density at radius 3 is 2.20 bits per heavy atom. The first-order valence-corrected chi connectivity index (χ1v) is 7.97. The van der Waals surface area contributed by atoms with Crippen molar-refractivity contribution in [1.82, 2.24) is 0 Å². The van der Waals surface area contributed by atoms with Crippen molar-refractivity contribution in [3.8, 4) is 0 Å². The third-order valence-electron chi connectivity index (χ3n) is 4.31. The van der Waals surface area contributed by atoms with E-state index in [2.05, 4.69) is 42.0 Å². The number of halogens is 3. The summed E-state index contributed by atoms with van der Waals surface area (Å²) < 4.78 is 27.3. The molecule has 4 heteroatoms. The first-order chi connectivity index (χ1) is 9.27. The zero-order chi connectivity index (χ0) is 14.9. The van der Waals surface area contributed by atoms with E-state index in [1.165, 1.54) is 6.07 Å². The zero-order valence-corrected chi connectivity index (χ0v) is 13.9. The molecule has 1 aliphatic rings. The van der Waals surface area contributed by atoms with Gasteiger partial charge in [0.15, 0.2) is 0 Å². The Hall–Kier alpha value is -0.640. The molecule has 0 heterocycles. The van der Waals surface area contributed by atoms with Crippen LogP contribution in [-0.2, 0) is 0 Å². The molecule has 1 saturated carbocycles. The lowest BCUT2D eigenvalue weighted by Gasteiger charge is -2.37. The Labute approximate surface area is 128 Å². The number of rotatable bonds is 2. The van der Waals surface area contributed by atoms with Crippen LogP contribution in [0.3, 0.4) is 0 Å². The lowest BCUT2D eigenvalue weighted by Crippen LogP contribution is -2.31. The summed E-state index contributed by atoms with van der Waals surface area (Å²) in [6, 6.07) is 2.49. The number of benzene rings is 1. The standard InChI is InChI=1S/C16H22BrF2N/c1-16(2,3)10-4-6-12(7-5-10)20-15-13(17)8-11(18)9-14(15)19/h8-10,12,20H,4-7H2,1-3H3. The molecule has 112 valence electrons. The van der Waals surface area contributed by atoms with Crippen LogP contribution in [-0.4, -0.2) is 6.04 Å². The van der Waals surface area contributed by atoms with Gasteiger partial charge in [0, 0.05) is 16.6 Å². The quantitative estimate of drug-likeness (QED) is 0.720. The van der Waals surface area contributed by atoms with E-state index in [1.807, 2.05) is 0 Å². The highest BCUT2D eigenvalue weighted by Crippen LogP contribution is 2.39. The summed E-state index contributed by atoms with van der Waals surface area (Å²) in [5, 5.41) is 3.23. The van der Waals surface area contributed by atoms with E-state index in [0.29, 0.717) is 15.6 Å². The molecule has 0 aliphatic heterocycles. The molecule has 1 aliphatic carbocycles. The van der Waals surface area contributed by atoms with Crippen molar-refractivity contribution in [2.24, 2.45) is 11.3 Å². The van der Waals surface area contributed by atoms with Gasteiger partial charge in [0.05, 0.1) is 5.69 Å². The van der Waals surface area contributed by atoms with E-state index in [0.717, 1.165) is 37.7 Å². The zero-order valence-electron chi connectivity index (χ0n) is 12.3. The number of nitrogens with one attached hydrogen (secondary N) is 1. The molecule has 0 unspecified atom stereocenters. The summed E-state index contributed by atoms with van der Waals surface area (Å²) in [5.74, 6) is -0.367. The molecular weight excluding hydrogens is 324 g/mol. The second-order valence-electron chi connectivity index (χ2n) is 6.80. The Kier molecular flexibility index (Phi) is 4.73. The maximum atomic E-state index is 13.8. The van der Waals surface area contributed by atoms with Crippen LogP contribution in [0.25, 0.3) is 0 Å². The van der Waals surface area contributed by atoms with Crippen molar-refractivity contribution < 1.29 is 8.78 Å². The van der Waals surface area contributed by atoms with Crippen LogP contribution < -0.4 is 5.32 Å². The average molecular weight is 346 g/mol. The summed E-state index contributed by atoms with van der Waals surface area (Å²) >= 11 is 3.23. The summed E-state index contributed by atoms with van der Waals surface area (Å²) in [6.07, 6.45) is 4.37. The molecule has 1 N–H and O–H groups in total. The molecule has 0 radical (unpaired) electrons. The van der Waals surface area contributed by atoms with Gasteiger partial charge in [-0.25, -0.2) is 8.78 Å². The molecule has 0 spiro atoms. The number of hydrogen-bond acceptors (Lipinski definition) is 1. The van der Waals surface area contributed by atoms with Gasteiger partial charge in [-0.1, -0.05) is 20.8 Å². The molecule has 0 aromatic heterocycles. The van der Waals surface area contributed by atoms with Crippen molar-refractivity contribution in [2.45, 2.75) is 52.5 Å². The van der Waals surface area contributed by atoms with E-state index >= 15 is 0 Å². The molecule has 1 fully saturated rings. The Balaban J connectivity index is 2.00. The van der Waals surface area contributed by atoms with Crippen LogP contribution in [0.1, 0.15) is 46.5 Å². The summed E-state index contributed by atoms with van der Waals surface area (Å²) in [6.45, 7) is 6.84. The van der Waals surface area contributed by atoms with Crippen LogP contribution >= 0.6 is 15.9 Å². The van der Waals surface area contributed by atoms with Crippen molar-refractivity contribution >= 4 is 21.6 Å². The average Bonchev–Trinajstić information content (AvgIpc) is 2.33. The minimum absolute atomic E-state index is 0.268. The SMILES string of the molecule is CC(C)(C)C1CCC(Nc2c(F)cc(F)cc2Br)CC1. The van der Waals surface area contributed by atoms with Gasteiger partial charge in [-0.05, 0) is 59.0 Å². The molecule has 1 aromatic carbocycles. The third-order valence-corrected chi connectivity index (χ3v) is 4.93. The lowest BCUT2D eigenvalue weighted by atomic mass is 9.71. The van der Waals surface area contributed by atoms with Gasteiger partial charge >= 0.3 is 0 Å². The highest BCUT2D eigenvalue weighted by atomic mass is 79.9. The van der Waals surface area contributed by atoms with E-state index < -0.39 is 11.6 Å². The molecule has 0 saturated heterocycles. The van der Waals surface area contributed by atoms with Crippen molar-refractivity contribution in [2.75, 3.05) is 5.32 Å². The van der Waals surface area contributed by atoms with Gasteiger partial charge in [0.25, 0.3) is 0 Å². The summed E-state index contributed by atoms with van der Waals surface area (Å²) in [4.78, 5) is 0. The van der Waals surface area contributed by atoms with Crippen molar-refractivity contribution in [1.29, 1.82) is 0 Å². The van der Waals surface area contributed by atoms with Gasteiger partial charge in [0.1, 0.15) is 11.6 Å². The van der Waals surface area contributed by atoms with Crippen LogP contribution in [0.4, 0.5) is 14.5 Å². The second-order valence-corrected chi connectivity index (χ2v) is 7.66. The van der Waals surface area contributed by atoms with E-state index in [-0.39, 0.29) is 6.04 Å². The fraction of sp³-hybridized carbons (Fsp3) is 0.625. The molecule has 1 nitrogen and oxygen atoms in total.